The van der Waals surface area contributed by atoms with Gasteiger partial charge in [0.2, 0.25) is 0 Å². The Balaban J connectivity index is 1.62. The third-order valence-electron chi connectivity index (χ3n) is 4.59. The van der Waals surface area contributed by atoms with E-state index < -0.39 is 17.5 Å². The van der Waals surface area contributed by atoms with E-state index in [0.29, 0.717) is 5.56 Å². The minimum absolute atomic E-state index is 0.0342. The molecule has 0 aromatic heterocycles. The van der Waals surface area contributed by atoms with Gasteiger partial charge in [0, 0.05) is 16.5 Å². The van der Waals surface area contributed by atoms with Crippen molar-refractivity contribution in [2.24, 2.45) is 0 Å². The standard InChI is InChI=1S/C25H15F3/c1-16-2-9-19(10-3-16)20-11-6-17(7-12-20)4-5-18-8-13-22-21(14-18)15-23(26)25(28)24(22)27/h2-3,6-15H,1H3. The Morgan fingerprint density at radius 3 is 1.86 bits per heavy atom. The molecule has 0 aliphatic heterocycles. The number of hydrogen-bond acceptors (Lipinski definition) is 0. The maximum absolute atomic E-state index is 13.8. The first kappa shape index (κ1) is 17.9. The summed E-state index contributed by atoms with van der Waals surface area (Å²) in [6.45, 7) is 2.05. The van der Waals surface area contributed by atoms with Crippen LogP contribution in [-0.4, -0.2) is 0 Å². The third kappa shape index (κ3) is 3.50. The van der Waals surface area contributed by atoms with Gasteiger partial charge in [-0.15, -0.1) is 0 Å². The fourth-order valence-corrected chi connectivity index (χ4v) is 3.02. The molecule has 0 nitrogen and oxygen atoms in total. The van der Waals surface area contributed by atoms with Crippen LogP contribution in [0.5, 0.6) is 0 Å². The van der Waals surface area contributed by atoms with Crippen molar-refractivity contribution in [3.05, 3.63) is 107 Å². The Morgan fingerprint density at radius 2 is 1.18 bits per heavy atom. The van der Waals surface area contributed by atoms with Gasteiger partial charge in [-0.3, -0.25) is 0 Å². The highest BCUT2D eigenvalue weighted by molar-refractivity contribution is 5.84. The number of rotatable bonds is 1. The molecule has 4 aromatic carbocycles. The largest absolute Gasteiger partial charge is 0.204 e. The van der Waals surface area contributed by atoms with Gasteiger partial charge in [-0.05, 0) is 53.8 Å². The fraction of sp³-hybridized carbons (Fsp3) is 0.0400. The summed E-state index contributed by atoms with van der Waals surface area (Å²) < 4.78 is 40.6. The van der Waals surface area contributed by atoms with Crippen molar-refractivity contribution in [3.8, 4) is 23.0 Å². The molecule has 0 aliphatic carbocycles. The van der Waals surface area contributed by atoms with Crippen LogP contribution in [0.4, 0.5) is 13.2 Å². The summed E-state index contributed by atoms with van der Waals surface area (Å²) in [5, 5.41) is 0.310. The van der Waals surface area contributed by atoms with Crippen molar-refractivity contribution in [1.82, 2.24) is 0 Å². The number of benzene rings is 4. The third-order valence-corrected chi connectivity index (χ3v) is 4.59. The van der Waals surface area contributed by atoms with Gasteiger partial charge >= 0.3 is 0 Å². The normalized spacial score (nSPS) is 10.6. The smallest absolute Gasteiger partial charge is 0.195 e. The van der Waals surface area contributed by atoms with Gasteiger partial charge in [-0.1, -0.05) is 59.9 Å². The molecule has 0 heterocycles. The summed E-state index contributed by atoms with van der Waals surface area (Å²) >= 11 is 0. The molecule has 0 saturated heterocycles. The molecule has 0 N–H and O–H groups in total. The van der Waals surface area contributed by atoms with E-state index in [1.807, 2.05) is 24.3 Å². The summed E-state index contributed by atoms with van der Waals surface area (Å²) in [6, 6.07) is 21.7. The van der Waals surface area contributed by atoms with Crippen molar-refractivity contribution in [3.63, 3.8) is 0 Å². The monoisotopic (exact) mass is 372 g/mol. The second-order valence-corrected chi connectivity index (χ2v) is 6.62. The number of aryl methyl sites for hydroxylation is 1. The molecule has 4 rings (SSSR count). The minimum Gasteiger partial charge on any atom is -0.204 e. The fourth-order valence-electron chi connectivity index (χ4n) is 3.02. The van der Waals surface area contributed by atoms with Gasteiger partial charge in [0.15, 0.2) is 17.5 Å². The maximum Gasteiger partial charge on any atom is 0.195 e. The van der Waals surface area contributed by atoms with Crippen molar-refractivity contribution in [2.75, 3.05) is 0 Å². The summed E-state index contributed by atoms with van der Waals surface area (Å²) in [5.74, 6) is 2.18. The number of halogens is 3. The lowest BCUT2D eigenvalue weighted by atomic mass is 10.0. The van der Waals surface area contributed by atoms with Gasteiger partial charge < -0.3 is 0 Å². The highest BCUT2D eigenvalue weighted by Crippen LogP contribution is 2.24. The number of fused-ring (bicyclic) bond motifs is 1. The number of hydrogen-bond donors (Lipinski definition) is 0. The molecular weight excluding hydrogens is 357 g/mol. The Hall–Kier alpha value is -3.51. The summed E-state index contributed by atoms with van der Waals surface area (Å²) in [6.07, 6.45) is 0. The summed E-state index contributed by atoms with van der Waals surface area (Å²) in [4.78, 5) is 0. The van der Waals surface area contributed by atoms with Crippen molar-refractivity contribution in [2.45, 2.75) is 6.92 Å². The van der Waals surface area contributed by atoms with Gasteiger partial charge in [-0.2, -0.15) is 0 Å². The minimum atomic E-state index is -1.46. The molecule has 0 amide bonds. The summed E-state index contributed by atoms with van der Waals surface area (Å²) in [5.41, 5.74) is 4.87. The van der Waals surface area contributed by atoms with Crippen LogP contribution in [0.3, 0.4) is 0 Å². The van der Waals surface area contributed by atoms with Crippen LogP contribution in [0.1, 0.15) is 16.7 Å². The molecule has 0 unspecified atom stereocenters. The zero-order chi connectivity index (χ0) is 19.7. The van der Waals surface area contributed by atoms with Crippen LogP contribution in [0.15, 0.2) is 72.8 Å². The van der Waals surface area contributed by atoms with E-state index in [1.165, 1.54) is 11.6 Å². The van der Waals surface area contributed by atoms with Crippen LogP contribution in [-0.2, 0) is 0 Å². The first-order valence-electron chi connectivity index (χ1n) is 8.78. The van der Waals surface area contributed by atoms with E-state index in [4.69, 9.17) is 0 Å². The van der Waals surface area contributed by atoms with E-state index in [-0.39, 0.29) is 10.8 Å². The molecule has 28 heavy (non-hydrogen) atoms. The van der Waals surface area contributed by atoms with Gasteiger partial charge in [0.1, 0.15) is 0 Å². The molecule has 0 spiro atoms. The molecule has 0 fully saturated rings. The SMILES string of the molecule is Cc1ccc(-c2ccc(C#Cc3ccc4c(F)c(F)c(F)cc4c3)cc2)cc1. The van der Waals surface area contributed by atoms with Crippen LogP contribution < -0.4 is 0 Å². The second kappa shape index (κ2) is 7.25. The lowest BCUT2D eigenvalue weighted by molar-refractivity contribution is 0.453. The van der Waals surface area contributed by atoms with Crippen molar-refractivity contribution < 1.29 is 13.2 Å². The first-order valence-corrected chi connectivity index (χ1v) is 8.78. The van der Waals surface area contributed by atoms with Crippen LogP contribution >= 0.6 is 0 Å². The molecular formula is C25H15F3. The van der Waals surface area contributed by atoms with Crippen molar-refractivity contribution in [1.29, 1.82) is 0 Å². The molecule has 0 aliphatic rings. The van der Waals surface area contributed by atoms with E-state index >= 15 is 0 Å². The second-order valence-electron chi connectivity index (χ2n) is 6.62. The maximum atomic E-state index is 13.8. The predicted octanol–water partition coefficient (Wildman–Crippen LogP) is 6.63. The molecule has 3 heteroatoms. The van der Waals surface area contributed by atoms with E-state index in [1.54, 1.807) is 12.1 Å². The van der Waals surface area contributed by atoms with Crippen LogP contribution in [0, 0.1) is 36.2 Å². The van der Waals surface area contributed by atoms with Gasteiger partial charge in [0.05, 0.1) is 0 Å². The Bertz CT molecular complexity index is 1230. The predicted molar refractivity (Wildman–Crippen MR) is 106 cm³/mol. The Morgan fingerprint density at radius 1 is 0.607 bits per heavy atom. The average molecular weight is 372 g/mol. The van der Waals surface area contributed by atoms with E-state index in [2.05, 4.69) is 43.0 Å². The molecule has 0 bridgehead atoms. The molecule has 0 saturated carbocycles. The lowest BCUT2D eigenvalue weighted by Gasteiger charge is -2.03. The van der Waals surface area contributed by atoms with E-state index in [0.717, 1.165) is 22.8 Å². The van der Waals surface area contributed by atoms with Crippen molar-refractivity contribution >= 4 is 10.8 Å². The lowest BCUT2D eigenvalue weighted by Crippen LogP contribution is -1.92. The highest BCUT2D eigenvalue weighted by Gasteiger charge is 2.13. The topological polar surface area (TPSA) is 0 Å². The molecule has 136 valence electrons. The molecule has 0 atom stereocenters. The first-order chi connectivity index (χ1) is 13.5. The zero-order valence-electron chi connectivity index (χ0n) is 15.1. The van der Waals surface area contributed by atoms with Gasteiger partial charge in [-0.25, -0.2) is 13.2 Å². The summed E-state index contributed by atoms with van der Waals surface area (Å²) in [7, 11) is 0. The van der Waals surface area contributed by atoms with Gasteiger partial charge in [0.25, 0.3) is 0 Å². The van der Waals surface area contributed by atoms with E-state index in [9.17, 15) is 13.2 Å². The molecule has 0 radical (unpaired) electrons. The highest BCUT2D eigenvalue weighted by atomic mass is 19.2. The molecule has 4 aromatic rings. The average Bonchev–Trinajstić information content (AvgIpc) is 2.71. The van der Waals surface area contributed by atoms with Crippen LogP contribution in [0.2, 0.25) is 0 Å². The van der Waals surface area contributed by atoms with Crippen LogP contribution in [0.25, 0.3) is 21.9 Å². The zero-order valence-corrected chi connectivity index (χ0v) is 15.1. The quantitative estimate of drug-likeness (QED) is 0.260. The Labute approximate surface area is 161 Å². The Kier molecular flexibility index (Phi) is 4.63.